The number of carbonyl (C=O) groups is 2. The second-order valence-corrected chi connectivity index (χ2v) is 6.01. The molecule has 0 aliphatic rings. The quantitative estimate of drug-likeness (QED) is 0.786. The van der Waals surface area contributed by atoms with E-state index in [1.165, 1.54) is 7.11 Å². The van der Waals surface area contributed by atoms with E-state index in [0.717, 1.165) is 15.6 Å². The number of aryl methyl sites for hydroxylation is 1. The monoisotopic (exact) mass is 375 g/mol. The molecule has 0 aliphatic carbocycles. The second-order valence-electron chi connectivity index (χ2n) is 5.10. The van der Waals surface area contributed by atoms with Gasteiger partial charge in [-0.1, -0.05) is 40.2 Å². The number of hydrogen-bond donors (Lipinski definition) is 1. The molecule has 0 heterocycles. The van der Waals surface area contributed by atoms with Gasteiger partial charge in [0, 0.05) is 17.4 Å². The van der Waals surface area contributed by atoms with Gasteiger partial charge in [0.25, 0.3) is 0 Å². The number of amides is 1. The molecule has 2 aromatic carbocycles. The Kier molecular flexibility index (Phi) is 6.35. The molecule has 23 heavy (non-hydrogen) atoms. The maximum atomic E-state index is 11.9. The van der Waals surface area contributed by atoms with E-state index >= 15 is 0 Å². The number of methoxy groups -OCH3 is 1. The summed E-state index contributed by atoms with van der Waals surface area (Å²) < 4.78 is 5.66. The molecule has 0 bridgehead atoms. The zero-order valence-electron chi connectivity index (χ0n) is 12.8. The predicted molar refractivity (Wildman–Crippen MR) is 92.1 cm³/mol. The Bertz CT molecular complexity index is 683. The number of nitrogens with one attached hydrogen (secondary N) is 1. The average molecular weight is 376 g/mol. The highest BCUT2D eigenvalue weighted by molar-refractivity contribution is 9.10. The van der Waals surface area contributed by atoms with E-state index in [1.54, 1.807) is 24.3 Å². The molecule has 120 valence electrons. The standard InChI is InChI=1S/C18H18BrNO3/c1-23-18(22)15-8-5-14(6-9-15)12-20-17(21)10-7-13-3-2-4-16(19)11-13/h2-6,8-9,11H,7,10,12H2,1H3,(H,20,21). The number of ether oxygens (including phenoxy) is 1. The van der Waals surface area contributed by atoms with Gasteiger partial charge in [-0.3, -0.25) is 4.79 Å². The lowest BCUT2D eigenvalue weighted by Crippen LogP contribution is -2.23. The highest BCUT2D eigenvalue weighted by atomic mass is 79.9. The molecule has 0 saturated carbocycles. The first-order valence-electron chi connectivity index (χ1n) is 7.27. The Morgan fingerprint density at radius 3 is 2.48 bits per heavy atom. The molecule has 2 rings (SSSR count). The minimum absolute atomic E-state index is 0.00187. The average Bonchev–Trinajstić information content (AvgIpc) is 2.58. The third kappa shape index (κ3) is 5.53. The summed E-state index contributed by atoms with van der Waals surface area (Å²) in [5, 5.41) is 2.88. The maximum Gasteiger partial charge on any atom is 0.337 e. The van der Waals surface area contributed by atoms with Crippen molar-refractivity contribution in [3.63, 3.8) is 0 Å². The molecule has 1 N–H and O–H groups in total. The Morgan fingerprint density at radius 1 is 1.09 bits per heavy atom. The van der Waals surface area contributed by atoms with Crippen molar-refractivity contribution in [2.45, 2.75) is 19.4 Å². The minimum Gasteiger partial charge on any atom is -0.465 e. The van der Waals surface area contributed by atoms with E-state index in [9.17, 15) is 9.59 Å². The van der Waals surface area contributed by atoms with Gasteiger partial charge in [-0.15, -0.1) is 0 Å². The summed E-state index contributed by atoms with van der Waals surface area (Å²) in [5.41, 5.74) is 2.56. The third-order valence-electron chi connectivity index (χ3n) is 3.39. The largest absolute Gasteiger partial charge is 0.465 e. The van der Waals surface area contributed by atoms with E-state index in [1.807, 2.05) is 24.3 Å². The molecule has 5 heteroatoms. The van der Waals surface area contributed by atoms with Gasteiger partial charge >= 0.3 is 5.97 Å². The van der Waals surface area contributed by atoms with Gasteiger partial charge in [-0.25, -0.2) is 4.79 Å². The molecule has 1 amide bonds. The zero-order chi connectivity index (χ0) is 16.7. The van der Waals surface area contributed by atoms with Crippen molar-refractivity contribution in [2.24, 2.45) is 0 Å². The van der Waals surface area contributed by atoms with Crippen molar-refractivity contribution in [1.82, 2.24) is 5.32 Å². The van der Waals surface area contributed by atoms with Gasteiger partial charge < -0.3 is 10.1 Å². The van der Waals surface area contributed by atoms with Crippen LogP contribution in [0.25, 0.3) is 0 Å². The Morgan fingerprint density at radius 2 is 1.83 bits per heavy atom. The summed E-state index contributed by atoms with van der Waals surface area (Å²) in [6.45, 7) is 0.443. The number of rotatable bonds is 6. The van der Waals surface area contributed by atoms with Crippen LogP contribution in [0.1, 0.15) is 27.9 Å². The Labute approximate surface area is 144 Å². The summed E-state index contributed by atoms with van der Waals surface area (Å²) in [6, 6.07) is 14.9. The van der Waals surface area contributed by atoms with Crippen LogP contribution < -0.4 is 5.32 Å². The van der Waals surface area contributed by atoms with Crippen LogP contribution in [0.15, 0.2) is 53.0 Å². The lowest BCUT2D eigenvalue weighted by Gasteiger charge is -2.07. The predicted octanol–water partition coefficient (Wildman–Crippen LogP) is 3.48. The number of halogens is 1. The number of benzene rings is 2. The van der Waals surface area contributed by atoms with Crippen LogP contribution in [-0.2, 0) is 22.5 Å². The molecular weight excluding hydrogens is 358 g/mol. The molecule has 0 spiro atoms. The van der Waals surface area contributed by atoms with Crippen molar-refractivity contribution in [3.05, 3.63) is 69.7 Å². The van der Waals surface area contributed by atoms with E-state index in [0.29, 0.717) is 24.9 Å². The van der Waals surface area contributed by atoms with E-state index in [-0.39, 0.29) is 11.9 Å². The molecule has 0 aliphatic heterocycles. The topological polar surface area (TPSA) is 55.4 Å². The molecule has 0 radical (unpaired) electrons. The van der Waals surface area contributed by atoms with Crippen LogP contribution in [0.2, 0.25) is 0 Å². The van der Waals surface area contributed by atoms with E-state index in [4.69, 9.17) is 0 Å². The fraction of sp³-hybridized carbons (Fsp3) is 0.222. The Balaban J connectivity index is 1.79. The summed E-state index contributed by atoms with van der Waals surface area (Å²) in [4.78, 5) is 23.2. The molecule has 0 saturated heterocycles. The summed E-state index contributed by atoms with van der Waals surface area (Å²) in [5.74, 6) is -0.364. The normalized spacial score (nSPS) is 10.2. The minimum atomic E-state index is -0.366. The summed E-state index contributed by atoms with van der Waals surface area (Å²) in [6.07, 6.45) is 1.14. The fourth-order valence-electron chi connectivity index (χ4n) is 2.12. The van der Waals surface area contributed by atoms with E-state index in [2.05, 4.69) is 26.0 Å². The summed E-state index contributed by atoms with van der Waals surface area (Å²) >= 11 is 3.42. The fourth-order valence-corrected chi connectivity index (χ4v) is 2.56. The second kappa shape index (κ2) is 8.48. The number of hydrogen-bond acceptors (Lipinski definition) is 3. The van der Waals surface area contributed by atoms with Crippen LogP contribution in [-0.4, -0.2) is 19.0 Å². The van der Waals surface area contributed by atoms with Crippen molar-refractivity contribution in [3.8, 4) is 0 Å². The smallest absolute Gasteiger partial charge is 0.337 e. The summed E-state index contributed by atoms with van der Waals surface area (Å²) in [7, 11) is 1.35. The van der Waals surface area contributed by atoms with Gasteiger partial charge in [0.2, 0.25) is 5.91 Å². The first kappa shape index (κ1) is 17.2. The molecule has 0 aromatic heterocycles. The van der Waals surface area contributed by atoms with Crippen molar-refractivity contribution >= 4 is 27.8 Å². The highest BCUT2D eigenvalue weighted by Crippen LogP contribution is 2.13. The van der Waals surface area contributed by atoms with Crippen LogP contribution in [0, 0.1) is 0 Å². The van der Waals surface area contributed by atoms with Crippen molar-refractivity contribution < 1.29 is 14.3 Å². The Hall–Kier alpha value is -2.14. The van der Waals surface area contributed by atoms with Crippen LogP contribution >= 0.6 is 15.9 Å². The molecular formula is C18H18BrNO3. The van der Waals surface area contributed by atoms with Gasteiger partial charge in [-0.05, 0) is 41.8 Å². The van der Waals surface area contributed by atoms with E-state index < -0.39 is 0 Å². The van der Waals surface area contributed by atoms with Gasteiger partial charge in [-0.2, -0.15) is 0 Å². The lowest BCUT2D eigenvalue weighted by atomic mass is 10.1. The molecule has 0 unspecified atom stereocenters. The van der Waals surface area contributed by atoms with Gasteiger partial charge in [0.15, 0.2) is 0 Å². The van der Waals surface area contributed by atoms with Crippen molar-refractivity contribution in [2.75, 3.05) is 7.11 Å². The highest BCUT2D eigenvalue weighted by Gasteiger charge is 2.06. The molecule has 4 nitrogen and oxygen atoms in total. The lowest BCUT2D eigenvalue weighted by molar-refractivity contribution is -0.121. The SMILES string of the molecule is COC(=O)c1ccc(CNC(=O)CCc2cccc(Br)c2)cc1. The van der Waals surface area contributed by atoms with Crippen LogP contribution in [0.5, 0.6) is 0 Å². The third-order valence-corrected chi connectivity index (χ3v) is 3.89. The number of esters is 1. The molecule has 0 atom stereocenters. The van der Waals surface area contributed by atoms with Gasteiger partial charge in [0.1, 0.15) is 0 Å². The maximum absolute atomic E-state index is 11.9. The molecule has 0 fully saturated rings. The first-order chi connectivity index (χ1) is 11.1. The van der Waals surface area contributed by atoms with Crippen molar-refractivity contribution in [1.29, 1.82) is 0 Å². The van der Waals surface area contributed by atoms with Gasteiger partial charge in [0.05, 0.1) is 12.7 Å². The van der Waals surface area contributed by atoms with Crippen LogP contribution in [0.4, 0.5) is 0 Å². The zero-order valence-corrected chi connectivity index (χ0v) is 14.4. The first-order valence-corrected chi connectivity index (χ1v) is 8.06. The van der Waals surface area contributed by atoms with Crippen LogP contribution in [0.3, 0.4) is 0 Å². The number of carbonyl (C=O) groups excluding carboxylic acids is 2. The molecule has 2 aromatic rings.